The molecule has 0 saturated heterocycles. The largest absolute Gasteiger partial charge is 0.478 e. The molecule has 0 saturated carbocycles. The molecule has 1 heterocycles. The lowest BCUT2D eigenvalue weighted by Crippen LogP contribution is -2.03. The number of nitrogens with zero attached hydrogens (tertiary/aromatic N) is 1. The van der Waals surface area contributed by atoms with E-state index in [0.717, 1.165) is 27.6 Å². The van der Waals surface area contributed by atoms with Gasteiger partial charge in [-0.05, 0) is 41.0 Å². The molecule has 0 aliphatic heterocycles. The van der Waals surface area contributed by atoms with E-state index in [1.54, 1.807) is 18.3 Å². The number of carboxylic acid groups (broad SMARTS) is 1. The highest BCUT2D eigenvalue weighted by Gasteiger charge is 2.11. The first-order valence-electron chi connectivity index (χ1n) is 6.61. The predicted octanol–water partition coefficient (Wildman–Crippen LogP) is 3.06. The first-order chi connectivity index (χ1) is 10.2. The summed E-state index contributed by atoms with van der Waals surface area (Å²) in [5.41, 5.74) is 9.71. The van der Waals surface area contributed by atoms with Gasteiger partial charge in [0, 0.05) is 18.1 Å². The van der Waals surface area contributed by atoms with E-state index in [0.29, 0.717) is 0 Å². The molecule has 0 fully saturated rings. The van der Waals surface area contributed by atoms with Crippen molar-refractivity contribution >= 4 is 16.9 Å². The highest BCUT2D eigenvalue weighted by Crippen LogP contribution is 2.30. The Balaban J connectivity index is 2.25. The molecule has 0 spiro atoms. The van der Waals surface area contributed by atoms with Crippen LogP contribution in [0.2, 0.25) is 0 Å². The predicted molar refractivity (Wildman–Crippen MR) is 82.0 cm³/mol. The molecule has 0 bridgehead atoms. The van der Waals surface area contributed by atoms with Gasteiger partial charge in [-0.15, -0.1) is 0 Å². The summed E-state index contributed by atoms with van der Waals surface area (Å²) in [5.74, 6) is -0.948. The maximum atomic E-state index is 11.1. The SMILES string of the molecule is NCc1cc(C(=O)O)ccc1-c1cccc2ncccc12. The maximum absolute atomic E-state index is 11.1. The van der Waals surface area contributed by atoms with Crippen molar-refractivity contribution in [3.8, 4) is 11.1 Å². The second-order valence-electron chi connectivity index (χ2n) is 4.76. The fourth-order valence-electron chi connectivity index (χ4n) is 2.50. The van der Waals surface area contributed by atoms with E-state index < -0.39 is 5.97 Å². The van der Waals surface area contributed by atoms with Crippen molar-refractivity contribution in [1.82, 2.24) is 4.98 Å². The Labute approximate surface area is 121 Å². The molecule has 0 unspecified atom stereocenters. The summed E-state index contributed by atoms with van der Waals surface area (Å²) in [7, 11) is 0. The Hall–Kier alpha value is -2.72. The molecule has 2 aromatic carbocycles. The molecule has 4 heteroatoms. The molecule has 104 valence electrons. The van der Waals surface area contributed by atoms with Crippen LogP contribution in [0.4, 0.5) is 0 Å². The monoisotopic (exact) mass is 278 g/mol. The molecule has 3 N–H and O–H groups in total. The number of benzene rings is 2. The highest BCUT2D eigenvalue weighted by atomic mass is 16.4. The van der Waals surface area contributed by atoms with Gasteiger partial charge in [-0.3, -0.25) is 4.98 Å². The topological polar surface area (TPSA) is 76.2 Å². The number of aromatic nitrogens is 1. The van der Waals surface area contributed by atoms with Crippen LogP contribution in [0.3, 0.4) is 0 Å². The average Bonchev–Trinajstić information content (AvgIpc) is 2.53. The second-order valence-corrected chi connectivity index (χ2v) is 4.76. The lowest BCUT2D eigenvalue weighted by molar-refractivity contribution is 0.0697. The van der Waals surface area contributed by atoms with Gasteiger partial charge in [0.15, 0.2) is 0 Å². The summed E-state index contributed by atoms with van der Waals surface area (Å²) in [5, 5.41) is 10.1. The normalized spacial score (nSPS) is 10.7. The van der Waals surface area contributed by atoms with Crippen molar-refractivity contribution in [2.45, 2.75) is 6.54 Å². The van der Waals surface area contributed by atoms with Crippen molar-refractivity contribution in [3.63, 3.8) is 0 Å². The molecule has 0 radical (unpaired) electrons. The van der Waals surface area contributed by atoms with Crippen LogP contribution in [0.5, 0.6) is 0 Å². The zero-order chi connectivity index (χ0) is 14.8. The van der Waals surface area contributed by atoms with Gasteiger partial charge in [0.1, 0.15) is 0 Å². The number of pyridine rings is 1. The third-order valence-corrected chi connectivity index (χ3v) is 3.51. The van der Waals surface area contributed by atoms with Crippen LogP contribution in [0, 0.1) is 0 Å². The number of hydrogen-bond donors (Lipinski definition) is 2. The summed E-state index contributed by atoms with van der Waals surface area (Å²) >= 11 is 0. The van der Waals surface area contributed by atoms with E-state index in [1.807, 2.05) is 36.4 Å². The Morgan fingerprint density at radius 3 is 2.71 bits per heavy atom. The summed E-state index contributed by atoms with van der Waals surface area (Å²) in [6.07, 6.45) is 1.75. The van der Waals surface area contributed by atoms with E-state index >= 15 is 0 Å². The Bertz CT molecular complexity index is 823. The van der Waals surface area contributed by atoms with Crippen molar-refractivity contribution in [2.24, 2.45) is 5.73 Å². The van der Waals surface area contributed by atoms with Crippen LogP contribution in [0.15, 0.2) is 54.7 Å². The minimum Gasteiger partial charge on any atom is -0.478 e. The zero-order valence-electron chi connectivity index (χ0n) is 11.3. The van der Waals surface area contributed by atoms with Gasteiger partial charge in [-0.1, -0.05) is 24.3 Å². The van der Waals surface area contributed by atoms with E-state index in [4.69, 9.17) is 10.8 Å². The van der Waals surface area contributed by atoms with Crippen LogP contribution in [-0.2, 0) is 6.54 Å². The summed E-state index contributed by atoms with van der Waals surface area (Å²) < 4.78 is 0. The first-order valence-corrected chi connectivity index (χ1v) is 6.61. The smallest absolute Gasteiger partial charge is 0.335 e. The molecule has 21 heavy (non-hydrogen) atoms. The summed E-state index contributed by atoms with van der Waals surface area (Å²) in [6, 6.07) is 14.8. The Kier molecular flexibility index (Phi) is 3.38. The van der Waals surface area contributed by atoms with Gasteiger partial charge < -0.3 is 10.8 Å². The van der Waals surface area contributed by atoms with Gasteiger partial charge in [-0.2, -0.15) is 0 Å². The standard InChI is InChI=1S/C17H14N2O2/c18-10-12-9-11(17(20)21)6-7-13(12)14-3-1-5-16-15(14)4-2-8-19-16/h1-9H,10,18H2,(H,20,21). The number of carboxylic acids is 1. The number of carbonyl (C=O) groups is 1. The lowest BCUT2D eigenvalue weighted by Gasteiger charge is -2.11. The summed E-state index contributed by atoms with van der Waals surface area (Å²) in [6.45, 7) is 0.285. The molecular weight excluding hydrogens is 264 g/mol. The molecule has 0 amide bonds. The van der Waals surface area contributed by atoms with E-state index in [1.165, 1.54) is 0 Å². The molecule has 3 aromatic rings. The third kappa shape index (κ3) is 2.37. The lowest BCUT2D eigenvalue weighted by atomic mass is 9.94. The summed E-state index contributed by atoms with van der Waals surface area (Å²) in [4.78, 5) is 15.4. The van der Waals surface area contributed by atoms with Gasteiger partial charge in [0.2, 0.25) is 0 Å². The van der Waals surface area contributed by atoms with Crippen molar-refractivity contribution < 1.29 is 9.90 Å². The molecule has 1 aromatic heterocycles. The van der Waals surface area contributed by atoms with E-state index in [-0.39, 0.29) is 12.1 Å². The minimum absolute atomic E-state index is 0.248. The van der Waals surface area contributed by atoms with Crippen molar-refractivity contribution in [3.05, 3.63) is 65.9 Å². The fraction of sp³-hybridized carbons (Fsp3) is 0.0588. The van der Waals surface area contributed by atoms with Crippen molar-refractivity contribution in [1.29, 1.82) is 0 Å². The average molecular weight is 278 g/mol. The van der Waals surface area contributed by atoms with Crippen molar-refractivity contribution in [2.75, 3.05) is 0 Å². The molecule has 0 atom stereocenters. The van der Waals surface area contributed by atoms with Crippen LogP contribution < -0.4 is 5.73 Å². The molecule has 4 nitrogen and oxygen atoms in total. The highest BCUT2D eigenvalue weighted by molar-refractivity contribution is 5.96. The van der Waals surface area contributed by atoms with Gasteiger partial charge in [-0.25, -0.2) is 4.79 Å². The number of hydrogen-bond acceptors (Lipinski definition) is 3. The molecule has 0 aliphatic carbocycles. The molecular formula is C17H14N2O2. The Morgan fingerprint density at radius 1 is 1.10 bits per heavy atom. The van der Waals surface area contributed by atoms with E-state index in [9.17, 15) is 4.79 Å². The minimum atomic E-state index is -0.948. The van der Waals surface area contributed by atoms with Gasteiger partial charge in [0.25, 0.3) is 0 Å². The van der Waals surface area contributed by atoms with Gasteiger partial charge >= 0.3 is 5.97 Å². The van der Waals surface area contributed by atoms with Crippen LogP contribution in [0.25, 0.3) is 22.0 Å². The second kappa shape index (κ2) is 5.34. The molecule has 0 aliphatic rings. The van der Waals surface area contributed by atoms with Gasteiger partial charge in [0.05, 0.1) is 11.1 Å². The Morgan fingerprint density at radius 2 is 1.95 bits per heavy atom. The molecule has 3 rings (SSSR count). The quantitative estimate of drug-likeness (QED) is 0.772. The maximum Gasteiger partial charge on any atom is 0.335 e. The zero-order valence-corrected chi connectivity index (χ0v) is 11.3. The van der Waals surface area contributed by atoms with Crippen LogP contribution in [-0.4, -0.2) is 16.1 Å². The number of nitrogens with two attached hydrogens (primary N) is 1. The number of fused-ring (bicyclic) bond motifs is 1. The van der Waals surface area contributed by atoms with Crippen LogP contribution in [0.1, 0.15) is 15.9 Å². The first kappa shape index (κ1) is 13.3. The van der Waals surface area contributed by atoms with Crippen LogP contribution >= 0.6 is 0 Å². The number of aromatic carboxylic acids is 1. The number of rotatable bonds is 3. The fourth-order valence-corrected chi connectivity index (χ4v) is 2.50. The van der Waals surface area contributed by atoms with E-state index in [2.05, 4.69) is 4.98 Å². The third-order valence-electron chi connectivity index (χ3n) is 3.51.